The van der Waals surface area contributed by atoms with Gasteiger partial charge in [0.25, 0.3) is 5.88 Å². The summed E-state index contributed by atoms with van der Waals surface area (Å²) in [5, 5.41) is 3.29. The first-order valence-corrected chi connectivity index (χ1v) is 5.23. The molecule has 0 bridgehead atoms. The van der Waals surface area contributed by atoms with Gasteiger partial charge in [-0.25, -0.2) is 4.98 Å². The van der Waals surface area contributed by atoms with Gasteiger partial charge in [0.05, 0.1) is 6.61 Å². The van der Waals surface area contributed by atoms with E-state index >= 15 is 0 Å². The highest BCUT2D eigenvalue weighted by Gasteiger charge is 2.14. The zero-order valence-corrected chi connectivity index (χ0v) is 8.53. The number of H-pyrrole nitrogens is 1. The first-order chi connectivity index (χ1) is 7.36. The van der Waals surface area contributed by atoms with E-state index in [0.717, 1.165) is 19.5 Å². The Morgan fingerprint density at radius 1 is 1.60 bits per heavy atom. The van der Waals surface area contributed by atoms with Crippen LogP contribution in [0.2, 0.25) is 0 Å². The minimum Gasteiger partial charge on any atom is -0.474 e. The molecule has 0 aromatic carbocycles. The fourth-order valence-corrected chi connectivity index (χ4v) is 1.72. The summed E-state index contributed by atoms with van der Waals surface area (Å²) >= 11 is 0. The molecule has 2 heterocycles. The van der Waals surface area contributed by atoms with E-state index in [9.17, 15) is 4.79 Å². The molecule has 15 heavy (non-hydrogen) atoms. The molecule has 1 atom stereocenters. The number of hydrogen-bond acceptors (Lipinski definition) is 4. The Morgan fingerprint density at radius 2 is 2.53 bits per heavy atom. The maximum absolute atomic E-state index is 11.2. The number of nitrogens with zero attached hydrogens (tertiary/aromatic N) is 1. The molecule has 0 spiro atoms. The number of aromatic amines is 1. The normalized spacial score (nSPS) is 20.4. The third kappa shape index (κ3) is 2.79. The zero-order chi connectivity index (χ0) is 10.5. The average molecular weight is 209 g/mol. The Morgan fingerprint density at radius 3 is 3.27 bits per heavy atom. The molecule has 1 aliphatic rings. The Labute approximate surface area is 87.9 Å². The van der Waals surface area contributed by atoms with Gasteiger partial charge in [0.15, 0.2) is 0 Å². The van der Waals surface area contributed by atoms with Gasteiger partial charge in [-0.05, 0) is 31.8 Å². The molecule has 0 aliphatic carbocycles. The van der Waals surface area contributed by atoms with Gasteiger partial charge in [0.1, 0.15) is 0 Å². The molecule has 0 amide bonds. The van der Waals surface area contributed by atoms with E-state index in [4.69, 9.17) is 4.74 Å². The van der Waals surface area contributed by atoms with E-state index in [1.807, 2.05) is 0 Å². The summed E-state index contributed by atoms with van der Waals surface area (Å²) in [4.78, 5) is 17.6. The molecule has 1 aliphatic heterocycles. The highest BCUT2D eigenvalue weighted by atomic mass is 16.5. The van der Waals surface area contributed by atoms with Crippen LogP contribution in [-0.2, 0) is 0 Å². The minimum absolute atomic E-state index is 0.170. The van der Waals surface area contributed by atoms with Crippen molar-refractivity contribution in [2.24, 2.45) is 5.92 Å². The molecular formula is C10H15N3O2. The number of aromatic nitrogens is 2. The molecule has 1 saturated heterocycles. The number of hydrogen-bond donors (Lipinski definition) is 2. The zero-order valence-electron chi connectivity index (χ0n) is 8.53. The van der Waals surface area contributed by atoms with Crippen molar-refractivity contribution in [1.82, 2.24) is 15.3 Å². The van der Waals surface area contributed by atoms with E-state index in [1.165, 1.54) is 18.8 Å². The van der Waals surface area contributed by atoms with Crippen LogP contribution >= 0.6 is 0 Å². The van der Waals surface area contributed by atoms with Crippen molar-refractivity contribution in [3.63, 3.8) is 0 Å². The summed E-state index contributed by atoms with van der Waals surface area (Å²) in [5.74, 6) is 0.844. The van der Waals surface area contributed by atoms with Crippen molar-refractivity contribution < 1.29 is 4.74 Å². The summed E-state index contributed by atoms with van der Waals surface area (Å²) < 4.78 is 5.32. The maximum atomic E-state index is 11.2. The standard InChI is InChI=1S/C10H15N3O2/c14-9-10(13-5-4-12-9)15-6-2-8-1-3-11-7-8/h4-5,8,11H,1-3,6-7H2,(H,12,14). The molecule has 0 saturated carbocycles. The van der Waals surface area contributed by atoms with E-state index < -0.39 is 0 Å². The van der Waals surface area contributed by atoms with Crippen LogP contribution in [0.15, 0.2) is 17.2 Å². The van der Waals surface area contributed by atoms with E-state index in [2.05, 4.69) is 15.3 Å². The molecule has 0 radical (unpaired) electrons. The molecule has 1 aromatic rings. The monoisotopic (exact) mass is 209 g/mol. The Hall–Kier alpha value is -1.36. The lowest BCUT2D eigenvalue weighted by molar-refractivity contribution is 0.270. The van der Waals surface area contributed by atoms with Gasteiger partial charge in [0.2, 0.25) is 0 Å². The van der Waals surface area contributed by atoms with Crippen LogP contribution in [0.5, 0.6) is 5.88 Å². The molecule has 5 heteroatoms. The van der Waals surface area contributed by atoms with Crippen LogP contribution in [0.3, 0.4) is 0 Å². The summed E-state index contributed by atoms with van der Waals surface area (Å²) in [7, 11) is 0. The predicted molar refractivity (Wildman–Crippen MR) is 55.9 cm³/mol. The van der Waals surface area contributed by atoms with Gasteiger partial charge in [0, 0.05) is 12.4 Å². The van der Waals surface area contributed by atoms with E-state index in [1.54, 1.807) is 0 Å². The summed E-state index contributed by atoms with van der Waals surface area (Å²) in [5.41, 5.74) is -0.262. The SMILES string of the molecule is O=c1[nH]ccnc1OCCC1CCNC1. The van der Waals surface area contributed by atoms with Gasteiger partial charge < -0.3 is 15.0 Å². The molecule has 2 N–H and O–H groups in total. The van der Waals surface area contributed by atoms with Gasteiger partial charge in [-0.1, -0.05) is 0 Å². The summed E-state index contributed by atoms with van der Waals surface area (Å²) in [6, 6.07) is 0. The molecule has 82 valence electrons. The number of nitrogens with one attached hydrogen (secondary N) is 2. The Bertz CT molecular complexity index is 358. The largest absolute Gasteiger partial charge is 0.474 e. The molecule has 1 fully saturated rings. The van der Waals surface area contributed by atoms with Crippen molar-refractivity contribution in [1.29, 1.82) is 0 Å². The van der Waals surface area contributed by atoms with Crippen molar-refractivity contribution in [2.45, 2.75) is 12.8 Å². The van der Waals surface area contributed by atoms with Crippen molar-refractivity contribution >= 4 is 0 Å². The third-order valence-electron chi connectivity index (χ3n) is 2.60. The topological polar surface area (TPSA) is 67.0 Å². The van der Waals surface area contributed by atoms with Crippen molar-refractivity contribution in [2.75, 3.05) is 19.7 Å². The molecule has 1 unspecified atom stereocenters. The van der Waals surface area contributed by atoms with Crippen molar-refractivity contribution in [3.05, 3.63) is 22.7 Å². The van der Waals surface area contributed by atoms with Crippen LogP contribution < -0.4 is 15.6 Å². The van der Waals surface area contributed by atoms with Crippen molar-refractivity contribution in [3.8, 4) is 5.88 Å². The lowest BCUT2D eigenvalue weighted by Gasteiger charge is -2.08. The molecule has 2 rings (SSSR count). The number of rotatable bonds is 4. The second kappa shape index (κ2) is 4.93. The second-order valence-electron chi connectivity index (χ2n) is 3.72. The first kappa shape index (κ1) is 10.2. The van der Waals surface area contributed by atoms with Crippen LogP contribution in [0, 0.1) is 5.92 Å². The lowest BCUT2D eigenvalue weighted by Crippen LogP contribution is -2.16. The van der Waals surface area contributed by atoms with Crippen LogP contribution in [-0.4, -0.2) is 29.7 Å². The maximum Gasteiger partial charge on any atom is 0.310 e. The fourth-order valence-electron chi connectivity index (χ4n) is 1.72. The van der Waals surface area contributed by atoms with Gasteiger partial charge in [-0.2, -0.15) is 0 Å². The molecular weight excluding hydrogens is 194 g/mol. The number of ether oxygens (including phenoxy) is 1. The van der Waals surface area contributed by atoms with Gasteiger partial charge in [-0.15, -0.1) is 0 Å². The van der Waals surface area contributed by atoms with Crippen LogP contribution in [0.4, 0.5) is 0 Å². The summed E-state index contributed by atoms with van der Waals surface area (Å²) in [6.07, 6.45) is 5.19. The average Bonchev–Trinajstić information content (AvgIpc) is 2.74. The van der Waals surface area contributed by atoms with Crippen LogP contribution in [0.25, 0.3) is 0 Å². The second-order valence-corrected chi connectivity index (χ2v) is 3.72. The molecule has 1 aromatic heterocycles. The highest BCUT2D eigenvalue weighted by Crippen LogP contribution is 2.11. The first-order valence-electron chi connectivity index (χ1n) is 5.23. The highest BCUT2D eigenvalue weighted by molar-refractivity contribution is 5.01. The minimum atomic E-state index is -0.262. The third-order valence-corrected chi connectivity index (χ3v) is 2.60. The van der Waals surface area contributed by atoms with Gasteiger partial charge >= 0.3 is 5.56 Å². The van der Waals surface area contributed by atoms with Crippen LogP contribution in [0.1, 0.15) is 12.8 Å². The fraction of sp³-hybridized carbons (Fsp3) is 0.600. The Kier molecular flexibility index (Phi) is 3.34. The smallest absolute Gasteiger partial charge is 0.310 e. The molecule has 5 nitrogen and oxygen atoms in total. The Balaban J connectivity index is 1.78. The summed E-state index contributed by atoms with van der Waals surface area (Å²) in [6.45, 7) is 2.71. The van der Waals surface area contributed by atoms with Gasteiger partial charge in [-0.3, -0.25) is 4.79 Å². The quantitative estimate of drug-likeness (QED) is 0.740. The predicted octanol–water partition coefficient (Wildman–Crippen LogP) is 0.148. The van der Waals surface area contributed by atoms with E-state index in [0.29, 0.717) is 12.5 Å². The lowest BCUT2D eigenvalue weighted by atomic mass is 10.1. The van der Waals surface area contributed by atoms with E-state index in [-0.39, 0.29) is 11.4 Å².